The molecule has 0 spiro atoms. The van der Waals surface area contributed by atoms with E-state index in [1.165, 1.54) is 43.1 Å². The molecule has 1 aliphatic rings. The Morgan fingerprint density at radius 2 is 2.06 bits per heavy atom. The first-order valence-electron chi connectivity index (χ1n) is 6.66. The summed E-state index contributed by atoms with van der Waals surface area (Å²) in [5.41, 5.74) is 0. The molecule has 3 heteroatoms. The summed E-state index contributed by atoms with van der Waals surface area (Å²) >= 11 is 4.33. The van der Waals surface area contributed by atoms with E-state index >= 15 is 0 Å². The maximum absolute atomic E-state index is 3.76. The van der Waals surface area contributed by atoms with Crippen molar-refractivity contribution in [2.75, 3.05) is 23.8 Å². The highest BCUT2D eigenvalue weighted by atomic mass is 32.2. The van der Waals surface area contributed by atoms with E-state index in [0.717, 1.165) is 17.2 Å². The van der Waals surface area contributed by atoms with Gasteiger partial charge in [0.25, 0.3) is 0 Å². The smallest absolute Gasteiger partial charge is 0.0292 e. The summed E-state index contributed by atoms with van der Waals surface area (Å²) in [5, 5.41) is 4.61. The summed E-state index contributed by atoms with van der Waals surface area (Å²) < 4.78 is 0. The molecule has 0 bridgehead atoms. The van der Waals surface area contributed by atoms with Gasteiger partial charge in [0.05, 0.1) is 0 Å². The van der Waals surface area contributed by atoms with E-state index in [0.29, 0.717) is 0 Å². The molecule has 0 aliphatic carbocycles. The largest absolute Gasteiger partial charge is 0.313 e. The summed E-state index contributed by atoms with van der Waals surface area (Å²) in [7, 11) is 0. The van der Waals surface area contributed by atoms with Crippen LogP contribution in [0.25, 0.3) is 0 Å². The Morgan fingerprint density at radius 3 is 2.62 bits per heavy atom. The van der Waals surface area contributed by atoms with Crippen LogP contribution in [0.4, 0.5) is 0 Å². The molecular weight excluding hydrogens is 234 g/mol. The van der Waals surface area contributed by atoms with Crippen molar-refractivity contribution in [2.45, 2.75) is 51.3 Å². The SMILES string of the molecule is CCCNC(CCC(C)C)C1CSCCS1. The molecule has 1 saturated heterocycles. The first-order chi connectivity index (χ1) is 7.74. The highest BCUT2D eigenvalue weighted by molar-refractivity contribution is 8.06. The first kappa shape index (κ1) is 14.7. The maximum atomic E-state index is 3.76. The van der Waals surface area contributed by atoms with Gasteiger partial charge in [-0.2, -0.15) is 23.5 Å². The average Bonchev–Trinajstić information content (AvgIpc) is 2.30. The van der Waals surface area contributed by atoms with Crippen molar-refractivity contribution in [2.24, 2.45) is 5.92 Å². The van der Waals surface area contributed by atoms with E-state index in [4.69, 9.17) is 0 Å². The van der Waals surface area contributed by atoms with E-state index in [2.05, 4.69) is 49.6 Å². The van der Waals surface area contributed by atoms with Gasteiger partial charge in [0.15, 0.2) is 0 Å². The van der Waals surface area contributed by atoms with Crippen LogP contribution >= 0.6 is 23.5 Å². The molecule has 2 atom stereocenters. The average molecular weight is 261 g/mol. The molecule has 1 aliphatic heterocycles. The third-order valence-corrected chi connectivity index (χ3v) is 5.92. The van der Waals surface area contributed by atoms with E-state index in [1.807, 2.05) is 0 Å². The molecular formula is C13H27NS2. The van der Waals surface area contributed by atoms with Crippen LogP contribution in [0.3, 0.4) is 0 Å². The molecule has 16 heavy (non-hydrogen) atoms. The van der Waals surface area contributed by atoms with Crippen molar-refractivity contribution < 1.29 is 0 Å². The second-order valence-corrected chi connectivity index (χ2v) is 7.51. The van der Waals surface area contributed by atoms with Crippen molar-refractivity contribution in [3.8, 4) is 0 Å². The van der Waals surface area contributed by atoms with Crippen LogP contribution in [0.2, 0.25) is 0 Å². The molecule has 2 unspecified atom stereocenters. The van der Waals surface area contributed by atoms with Gasteiger partial charge in [-0.05, 0) is 31.7 Å². The lowest BCUT2D eigenvalue weighted by molar-refractivity contribution is 0.428. The minimum atomic E-state index is 0.750. The van der Waals surface area contributed by atoms with Crippen LogP contribution in [0, 0.1) is 5.92 Å². The van der Waals surface area contributed by atoms with Gasteiger partial charge in [-0.3, -0.25) is 0 Å². The second kappa shape index (κ2) is 8.71. The van der Waals surface area contributed by atoms with Crippen molar-refractivity contribution in [3.05, 3.63) is 0 Å². The highest BCUT2D eigenvalue weighted by Crippen LogP contribution is 2.28. The Kier molecular flexibility index (Phi) is 8.01. The molecule has 0 aromatic rings. The fourth-order valence-electron chi connectivity index (χ4n) is 2.00. The molecule has 1 rings (SSSR count). The fraction of sp³-hybridized carbons (Fsp3) is 1.00. The Labute approximate surface area is 110 Å². The Morgan fingerprint density at radius 1 is 1.25 bits per heavy atom. The van der Waals surface area contributed by atoms with Crippen LogP contribution in [-0.4, -0.2) is 35.1 Å². The van der Waals surface area contributed by atoms with Crippen molar-refractivity contribution >= 4 is 23.5 Å². The Bertz CT molecular complexity index is 167. The van der Waals surface area contributed by atoms with Gasteiger partial charge < -0.3 is 5.32 Å². The molecule has 0 radical (unpaired) electrons. The van der Waals surface area contributed by atoms with Gasteiger partial charge in [-0.1, -0.05) is 20.8 Å². The zero-order chi connectivity index (χ0) is 11.8. The number of nitrogens with one attached hydrogen (secondary N) is 1. The summed E-state index contributed by atoms with van der Waals surface area (Å²) in [6, 6.07) is 0.750. The lowest BCUT2D eigenvalue weighted by atomic mass is 10.0. The first-order valence-corrected chi connectivity index (χ1v) is 8.87. The lowest BCUT2D eigenvalue weighted by Crippen LogP contribution is -2.41. The van der Waals surface area contributed by atoms with Gasteiger partial charge in [-0.15, -0.1) is 0 Å². The van der Waals surface area contributed by atoms with Crippen molar-refractivity contribution in [1.82, 2.24) is 5.32 Å². The second-order valence-electron chi connectivity index (χ2n) is 5.02. The third-order valence-electron chi connectivity index (χ3n) is 3.00. The van der Waals surface area contributed by atoms with Gasteiger partial charge in [0, 0.05) is 28.6 Å². The summed E-state index contributed by atoms with van der Waals surface area (Å²) in [4.78, 5) is 0. The van der Waals surface area contributed by atoms with Crippen LogP contribution in [0.15, 0.2) is 0 Å². The monoisotopic (exact) mass is 261 g/mol. The van der Waals surface area contributed by atoms with E-state index in [1.54, 1.807) is 0 Å². The number of hydrogen-bond acceptors (Lipinski definition) is 3. The molecule has 1 nitrogen and oxygen atoms in total. The predicted molar refractivity (Wildman–Crippen MR) is 79.7 cm³/mol. The van der Waals surface area contributed by atoms with Gasteiger partial charge >= 0.3 is 0 Å². The van der Waals surface area contributed by atoms with Crippen LogP contribution in [0.5, 0.6) is 0 Å². The Balaban J connectivity index is 2.34. The van der Waals surface area contributed by atoms with E-state index in [9.17, 15) is 0 Å². The van der Waals surface area contributed by atoms with Crippen LogP contribution < -0.4 is 5.32 Å². The zero-order valence-electron chi connectivity index (χ0n) is 11.0. The molecule has 1 N–H and O–H groups in total. The van der Waals surface area contributed by atoms with Crippen LogP contribution in [0.1, 0.15) is 40.0 Å². The molecule has 0 amide bonds. The maximum Gasteiger partial charge on any atom is 0.0292 e. The highest BCUT2D eigenvalue weighted by Gasteiger charge is 2.23. The summed E-state index contributed by atoms with van der Waals surface area (Å²) in [6.45, 7) is 8.11. The molecule has 1 heterocycles. The molecule has 0 aromatic heterocycles. The van der Waals surface area contributed by atoms with Gasteiger partial charge in [0.2, 0.25) is 0 Å². The van der Waals surface area contributed by atoms with Gasteiger partial charge in [-0.25, -0.2) is 0 Å². The molecule has 1 fully saturated rings. The zero-order valence-corrected chi connectivity index (χ0v) is 12.6. The lowest BCUT2D eigenvalue weighted by Gasteiger charge is -2.30. The number of thioether (sulfide) groups is 2. The fourth-order valence-corrected chi connectivity index (χ4v) is 4.93. The van der Waals surface area contributed by atoms with Crippen molar-refractivity contribution in [1.29, 1.82) is 0 Å². The minimum absolute atomic E-state index is 0.750. The third kappa shape index (κ3) is 5.83. The quantitative estimate of drug-likeness (QED) is 0.751. The van der Waals surface area contributed by atoms with E-state index < -0.39 is 0 Å². The van der Waals surface area contributed by atoms with Crippen LogP contribution in [-0.2, 0) is 0 Å². The summed E-state index contributed by atoms with van der Waals surface area (Å²) in [6.07, 6.45) is 3.97. The van der Waals surface area contributed by atoms with E-state index in [-0.39, 0.29) is 0 Å². The molecule has 0 aromatic carbocycles. The molecule has 96 valence electrons. The summed E-state index contributed by atoms with van der Waals surface area (Å²) in [5.74, 6) is 4.89. The van der Waals surface area contributed by atoms with Crippen molar-refractivity contribution in [3.63, 3.8) is 0 Å². The number of rotatable bonds is 7. The van der Waals surface area contributed by atoms with Gasteiger partial charge in [0.1, 0.15) is 0 Å². The standard InChI is InChI=1S/C13H27NS2/c1-4-7-14-12(6-5-11(2)3)13-10-15-8-9-16-13/h11-14H,4-10H2,1-3H3. The molecule has 0 saturated carbocycles. The Hall–Kier alpha value is 0.660. The number of hydrogen-bond donors (Lipinski definition) is 1. The topological polar surface area (TPSA) is 12.0 Å². The minimum Gasteiger partial charge on any atom is -0.313 e. The normalized spacial score (nSPS) is 23.6. The predicted octanol–water partition coefficient (Wildman–Crippen LogP) is 3.64.